The SMILES string of the molecule is CCc1cc(N=Nc2c(O)c(S(=O)(=O)[O-])cc3ccccc23)ccc1[N+](=O)[O-].CCc1cc(N=Nc2c(O)c(S(=O)(=O)[O-])cc3ccccc23)ccc1[N+](=O)[O-].[Ca+2]. The summed E-state index contributed by atoms with van der Waals surface area (Å²) < 4.78 is 68.7. The summed E-state index contributed by atoms with van der Waals surface area (Å²) in [7, 11) is -9.87. The van der Waals surface area contributed by atoms with Crippen LogP contribution in [0.5, 0.6) is 11.5 Å². The van der Waals surface area contributed by atoms with Gasteiger partial charge in [0.1, 0.15) is 31.6 Å². The van der Waals surface area contributed by atoms with Crippen LogP contribution in [0, 0.1) is 20.2 Å². The number of fused-ring (bicyclic) bond motifs is 2. The zero-order valence-electron chi connectivity index (χ0n) is 29.8. The fourth-order valence-electron chi connectivity index (χ4n) is 5.57. The average molecular weight is 841 g/mol. The van der Waals surface area contributed by atoms with Crippen LogP contribution < -0.4 is 0 Å². The molecule has 0 aromatic heterocycles. The van der Waals surface area contributed by atoms with Crippen molar-refractivity contribution in [3.8, 4) is 11.5 Å². The van der Waals surface area contributed by atoms with Gasteiger partial charge in [0.2, 0.25) is 0 Å². The van der Waals surface area contributed by atoms with E-state index in [2.05, 4.69) is 20.5 Å². The van der Waals surface area contributed by atoms with Crippen molar-refractivity contribution >= 4 is 114 Å². The number of azo groups is 2. The van der Waals surface area contributed by atoms with E-state index in [1.807, 2.05) is 0 Å². The second-order valence-corrected chi connectivity index (χ2v) is 14.4. The first-order valence-electron chi connectivity index (χ1n) is 16.2. The molecule has 6 aromatic rings. The van der Waals surface area contributed by atoms with Gasteiger partial charge in [0, 0.05) is 34.0 Å². The van der Waals surface area contributed by atoms with Gasteiger partial charge in [-0.05, 0) is 60.0 Å². The second-order valence-electron chi connectivity index (χ2n) is 11.7. The molecule has 0 saturated heterocycles. The third-order valence-corrected chi connectivity index (χ3v) is 9.97. The molecule has 0 unspecified atom stereocenters. The van der Waals surface area contributed by atoms with Crippen molar-refractivity contribution < 1.29 is 46.0 Å². The molecule has 6 rings (SSSR count). The zero-order chi connectivity index (χ0) is 40.9. The summed E-state index contributed by atoms with van der Waals surface area (Å²) in [6.07, 6.45) is 0.801. The fraction of sp³-hybridized carbons (Fsp3) is 0.111. The molecule has 0 spiro atoms. The van der Waals surface area contributed by atoms with Gasteiger partial charge in [0.05, 0.1) is 31.0 Å². The number of hydrogen-bond acceptors (Lipinski definition) is 16. The number of nitro groups is 2. The number of rotatable bonds is 10. The van der Waals surface area contributed by atoms with Crippen LogP contribution in [0.25, 0.3) is 21.5 Å². The standard InChI is InChI=1S/2C18H15N3O6S.Ca/c2*1-2-11-9-13(7-8-15(11)21(23)24)19-20-17-14-6-4-3-5-12(14)10-16(18(17)22)28(25,26)27;/h2*3-10,22H,2H2,1H3,(H,25,26,27);/q;;+2/p-2. The fourth-order valence-corrected chi connectivity index (χ4v) is 6.78. The number of hydrogen-bond donors (Lipinski definition) is 2. The van der Waals surface area contributed by atoms with E-state index < -0.39 is 51.4 Å². The van der Waals surface area contributed by atoms with E-state index in [4.69, 9.17) is 0 Å². The molecule has 2 N–H and O–H groups in total. The van der Waals surface area contributed by atoms with Gasteiger partial charge in [-0.1, -0.05) is 62.4 Å². The zero-order valence-corrected chi connectivity index (χ0v) is 33.7. The smallest absolute Gasteiger partial charge is 0.744 e. The molecule has 0 radical (unpaired) electrons. The minimum atomic E-state index is -4.93. The summed E-state index contributed by atoms with van der Waals surface area (Å²) in [6, 6.07) is 23.4. The maximum Gasteiger partial charge on any atom is 2.00 e. The molecule has 0 saturated carbocycles. The average Bonchev–Trinajstić information content (AvgIpc) is 3.15. The van der Waals surface area contributed by atoms with Crippen LogP contribution in [0.1, 0.15) is 25.0 Å². The van der Waals surface area contributed by atoms with E-state index in [9.17, 15) is 56.4 Å². The topological polar surface area (TPSA) is 291 Å². The van der Waals surface area contributed by atoms with Crippen molar-refractivity contribution in [1.29, 1.82) is 0 Å². The van der Waals surface area contributed by atoms with Crippen molar-refractivity contribution in [2.45, 2.75) is 36.5 Å². The normalized spacial score (nSPS) is 11.7. The molecule has 18 nitrogen and oxygen atoms in total. The Morgan fingerprint density at radius 3 is 1.23 bits per heavy atom. The Labute approximate surface area is 354 Å². The number of phenolic OH excluding ortho intramolecular Hbond substituents is 2. The Kier molecular flexibility index (Phi) is 14.1. The molecule has 0 aliphatic carbocycles. The van der Waals surface area contributed by atoms with Gasteiger partial charge in [-0.3, -0.25) is 20.2 Å². The summed E-state index contributed by atoms with van der Waals surface area (Å²) in [4.78, 5) is 19.5. The molecule has 0 fully saturated rings. The number of nitro benzene ring substituents is 2. The molecule has 0 aliphatic rings. The van der Waals surface area contributed by atoms with E-state index in [0.29, 0.717) is 45.5 Å². The molecule has 0 heterocycles. The molecule has 0 bridgehead atoms. The Morgan fingerprint density at radius 2 is 0.912 bits per heavy atom. The second kappa shape index (κ2) is 18.2. The van der Waals surface area contributed by atoms with Gasteiger partial charge in [0.25, 0.3) is 11.4 Å². The molecule has 0 atom stereocenters. The van der Waals surface area contributed by atoms with Crippen molar-refractivity contribution in [1.82, 2.24) is 0 Å². The van der Waals surface area contributed by atoms with E-state index in [0.717, 1.165) is 12.1 Å². The van der Waals surface area contributed by atoms with E-state index >= 15 is 0 Å². The van der Waals surface area contributed by atoms with Crippen LogP contribution in [0.3, 0.4) is 0 Å². The van der Waals surface area contributed by atoms with Gasteiger partial charge in [-0.2, -0.15) is 10.2 Å². The largest absolute Gasteiger partial charge is 2.00 e. The Morgan fingerprint density at radius 1 is 0.561 bits per heavy atom. The quantitative estimate of drug-likeness (QED) is 0.0433. The van der Waals surface area contributed by atoms with Crippen LogP contribution in [-0.2, 0) is 33.1 Å². The molecular weight excluding hydrogens is 813 g/mol. The maximum atomic E-state index is 11.5. The Balaban J connectivity index is 0.000000248. The Bertz CT molecular complexity index is 2640. The van der Waals surface area contributed by atoms with Crippen LogP contribution in [0.4, 0.5) is 34.1 Å². The first kappa shape index (κ1) is 44.2. The van der Waals surface area contributed by atoms with Gasteiger partial charge >= 0.3 is 37.7 Å². The minimum Gasteiger partial charge on any atom is -0.744 e. The molecule has 288 valence electrons. The van der Waals surface area contributed by atoms with E-state index in [-0.39, 0.29) is 71.9 Å². The number of nitrogens with zero attached hydrogens (tertiary/aromatic N) is 6. The van der Waals surface area contributed by atoms with Crippen molar-refractivity contribution in [3.05, 3.63) is 128 Å². The number of aryl methyl sites for hydroxylation is 2. The predicted octanol–water partition coefficient (Wildman–Crippen LogP) is 8.29. The van der Waals surface area contributed by atoms with Gasteiger partial charge in [0.15, 0.2) is 11.5 Å². The summed E-state index contributed by atoms with van der Waals surface area (Å²) in [5, 5.41) is 60.0. The summed E-state index contributed by atoms with van der Waals surface area (Å²) in [6.45, 7) is 3.51. The molecule has 6 aromatic carbocycles. The van der Waals surface area contributed by atoms with Crippen molar-refractivity contribution in [3.63, 3.8) is 0 Å². The molecule has 21 heteroatoms. The third-order valence-electron chi connectivity index (χ3n) is 8.27. The third kappa shape index (κ3) is 10.1. The van der Waals surface area contributed by atoms with E-state index in [1.54, 1.807) is 62.4 Å². The van der Waals surface area contributed by atoms with Crippen LogP contribution in [-0.4, -0.2) is 83.7 Å². The molecule has 0 aliphatic heterocycles. The number of aromatic hydroxyl groups is 2. The van der Waals surface area contributed by atoms with Gasteiger partial charge < -0.3 is 19.3 Å². The Hall–Kier alpha value is -5.48. The summed E-state index contributed by atoms with van der Waals surface area (Å²) >= 11 is 0. The molecule has 0 amide bonds. The first-order chi connectivity index (χ1) is 26.4. The maximum absolute atomic E-state index is 11.5. The number of phenols is 2. The van der Waals surface area contributed by atoms with Gasteiger partial charge in [-0.25, -0.2) is 16.8 Å². The van der Waals surface area contributed by atoms with E-state index in [1.165, 1.54) is 36.4 Å². The van der Waals surface area contributed by atoms with Crippen LogP contribution in [0.2, 0.25) is 0 Å². The minimum absolute atomic E-state index is 0. The predicted molar refractivity (Wildman–Crippen MR) is 206 cm³/mol. The summed E-state index contributed by atoms with van der Waals surface area (Å²) in [5.74, 6) is -1.59. The summed E-state index contributed by atoms with van der Waals surface area (Å²) in [5.41, 5.74) is 1.01. The first-order valence-corrected chi connectivity index (χ1v) is 19.1. The monoisotopic (exact) mass is 840 g/mol. The van der Waals surface area contributed by atoms with Crippen molar-refractivity contribution in [2.24, 2.45) is 20.5 Å². The molecule has 57 heavy (non-hydrogen) atoms. The van der Waals surface area contributed by atoms with Crippen LogP contribution in [0.15, 0.2) is 127 Å². The van der Waals surface area contributed by atoms with Crippen molar-refractivity contribution in [2.75, 3.05) is 0 Å². The van der Waals surface area contributed by atoms with Gasteiger partial charge in [-0.15, -0.1) is 10.2 Å². The van der Waals surface area contributed by atoms with Crippen LogP contribution >= 0.6 is 0 Å². The number of benzene rings is 6. The molecular formula is C36H28CaN6O12S2.